The maximum atomic E-state index is 13.1. The Balaban J connectivity index is 1.84. The van der Waals surface area contributed by atoms with E-state index in [1.54, 1.807) is 24.3 Å². The van der Waals surface area contributed by atoms with Crippen LogP contribution in [0.4, 0.5) is 5.69 Å². The van der Waals surface area contributed by atoms with Crippen molar-refractivity contribution in [2.45, 2.75) is 31.6 Å². The van der Waals surface area contributed by atoms with E-state index in [4.69, 9.17) is 11.6 Å². The first-order chi connectivity index (χ1) is 13.5. The van der Waals surface area contributed by atoms with Crippen LogP contribution in [-0.2, 0) is 9.59 Å². The van der Waals surface area contributed by atoms with Gasteiger partial charge in [0, 0.05) is 40.7 Å². The Morgan fingerprint density at radius 2 is 1.82 bits per heavy atom. The number of aromatic carboxylic acids is 1. The molecule has 1 heterocycles. The average molecular weight is 396 g/mol. The molecule has 1 N–H and O–H groups in total. The van der Waals surface area contributed by atoms with Gasteiger partial charge in [0.25, 0.3) is 0 Å². The van der Waals surface area contributed by atoms with Gasteiger partial charge in [0.2, 0.25) is 5.91 Å². The van der Waals surface area contributed by atoms with E-state index in [9.17, 15) is 19.5 Å². The van der Waals surface area contributed by atoms with E-state index in [0.717, 1.165) is 5.56 Å². The first kappa shape index (κ1) is 18.4. The van der Waals surface area contributed by atoms with Crippen LogP contribution in [0.1, 0.15) is 47.5 Å². The Morgan fingerprint density at radius 1 is 1.07 bits per heavy atom. The number of carbonyl (C=O) groups excluding carboxylic acids is 2. The highest BCUT2D eigenvalue weighted by Crippen LogP contribution is 2.43. The molecule has 6 heteroatoms. The summed E-state index contributed by atoms with van der Waals surface area (Å²) >= 11 is 5.99. The van der Waals surface area contributed by atoms with Crippen LogP contribution in [0, 0.1) is 0 Å². The summed E-state index contributed by atoms with van der Waals surface area (Å²) in [7, 11) is 0. The van der Waals surface area contributed by atoms with Gasteiger partial charge in [-0.25, -0.2) is 4.79 Å². The van der Waals surface area contributed by atoms with E-state index in [1.165, 1.54) is 17.0 Å². The minimum Gasteiger partial charge on any atom is -0.478 e. The molecule has 1 atom stereocenters. The molecule has 0 saturated heterocycles. The highest BCUT2D eigenvalue weighted by atomic mass is 35.5. The van der Waals surface area contributed by atoms with E-state index in [-0.39, 0.29) is 29.6 Å². The lowest BCUT2D eigenvalue weighted by molar-refractivity contribution is -0.119. The van der Waals surface area contributed by atoms with Gasteiger partial charge in [-0.05, 0) is 48.7 Å². The van der Waals surface area contributed by atoms with Crippen molar-refractivity contribution >= 4 is 34.9 Å². The van der Waals surface area contributed by atoms with Gasteiger partial charge in [0.05, 0.1) is 5.56 Å². The van der Waals surface area contributed by atoms with Gasteiger partial charge in [-0.1, -0.05) is 29.8 Å². The van der Waals surface area contributed by atoms with Gasteiger partial charge in [-0.2, -0.15) is 0 Å². The maximum absolute atomic E-state index is 13.1. The van der Waals surface area contributed by atoms with E-state index >= 15 is 0 Å². The predicted octanol–water partition coefficient (Wildman–Crippen LogP) is 4.57. The van der Waals surface area contributed by atoms with Gasteiger partial charge in [0.1, 0.15) is 0 Å². The van der Waals surface area contributed by atoms with Gasteiger partial charge in [-0.15, -0.1) is 0 Å². The summed E-state index contributed by atoms with van der Waals surface area (Å²) in [6.45, 7) is 0. The van der Waals surface area contributed by atoms with Crippen molar-refractivity contribution in [1.82, 2.24) is 0 Å². The predicted molar refractivity (Wildman–Crippen MR) is 106 cm³/mol. The molecule has 4 rings (SSSR count). The van der Waals surface area contributed by atoms with Crippen LogP contribution in [0.5, 0.6) is 0 Å². The third kappa shape index (κ3) is 3.22. The highest BCUT2D eigenvalue weighted by Gasteiger charge is 2.39. The van der Waals surface area contributed by atoms with Crippen LogP contribution in [0.3, 0.4) is 0 Å². The van der Waals surface area contributed by atoms with Crippen LogP contribution in [0.25, 0.3) is 0 Å². The topological polar surface area (TPSA) is 74.7 Å². The van der Waals surface area contributed by atoms with Crippen molar-refractivity contribution in [3.05, 3.63) is 76.0 Å². The lowest BCUT2D eigenvalue weighted by Gasteiger charge is -2.38. The number of hydrogen-bond donors (Lipinski definition) is 1. The number of allylic oxidation sites excluding steroid dienone is 2. The van der Waals surface area contributed by atoms with Crippen molar-refractivity contribution < 1.29 is 19.5 Å². The number of rotatable bonds is 3. The molecule has 0 unspecified atom stereocenters. The molecule has 5 nitrogen and oxygen atoms in total. The zero-order valence-corrected chi connectivity index (χ0v) is 15.8. The summed E-state index contributed by atoms with van der Waals surface area (Å²) in [6, 6.07) is 13.5. The third-order valence-corrected chi connectivity index (χ3v) is 5.55. The number of halogens is 1. The van der Waals surface area contributed by atoms with Gasteiger partial charge in [-0.3, -0.25) is 14.5 Å². The quantitative estimate of drug-likeness (QED) is 0.826. The largest absolute Gasteiger partial charge is 0.478 e. The first-order valence-corrected chi connectivity index (χ1v) is 9.51. The molecule has 2 aliphatic rings. The molecule has 1 aliphatic carbocycles. The normalized spacial score (nSPS) is 19.6. The van der Waals surface area contributed by atoms with Crippen molar-refractivity contribution in [3.63, 3.8) is 0 Å². The molecule has 142 valence electrons. The van der Waals surface area contributed by atoms with Crippen molar-refractivity contribution in [2.24, 2.45) is 0 Å². The molecule has 2 aromatic carbocycles. The summed E-state index contributed by atoms with van der Waals surface area (Å²) in [4.78, 5) is 38.8. The minimum absolute atomic E-state index is 0.0492. The highest BCUT2D eigenvalue weighted by molar-refractivity contribution is 6.30. The number of carboxylic acid groups (broad SMARTS) is 1. The molecular formula is C22H18ClNO4. The molecule has 0 aromatic heterocycles. The molecule has 1 amide bonds. The molecule has 28 heavy (non-hydrogen) atoms. The van der Waals surface area contributed by atoms with Gasteiger partial charge < -0.3 is 5.11 Å². The van der Waals surface area contributed by atoms with Crippen molar-refractivity contribution in [1.29, 1.82) is 0 Å². The average Bonchev–Trinajstić information content (AvgIpc) is 2.68. The number of benzene rings is 2. The first-order valence-electron chi connectivity index (χ1n) is 9.13. The standard InChI is InChI=1S/C22H18ClNO4/c23-15-9-7-13(8-10-15)17-12-20(26)24(18-5-2-6-19(25)21(17)18)16-4-1-3-14(11-16)22(27)28/h1,3-4,7-11,17H,2,5-6,12H2,(H,27,28)/t17-/m0/s1. The number of hydrogen-bond acceptors (Lipinski definition) is 3. The van der Waals surface area contributed by atoms with Crippen LogP contribution in [-0.4, -0.2) is 22.8 Å². The van der Waals surface area contributed by atoms with Crippen molar-refractivity contribution in [2.75, 3.05) is 4.90 Å². The van der Waals surface area contributed by atoms with Crippen LogP contribution in [0.2, 0.25) is 5.02 Å². The summed E-state index contributed by atoms with van der Waals surface area (Å²) in [6.07, 6.45) is 1.89. The van der Waals surface area contributed by atoms with Gasteiger partial charge in [0.15, 0.2) is 5.78 Å². The molecular weight excluding hydrogens is 378 g/mol. The second-order valence-electron chi connectivity index (χ2n) is 7.03. The van der Waals surface area contributed by atoms with Crippen LogP contribution < -0.4 is 4.90 Å². The number of carboxylic acids is 1. The van der Waals surface area contributed by atoms with Crippen LogP contribution >= 0.6 is 11.6 Å². The Bertz CT molecular complexity index is 1010. The zero-order valence-electron chi connectivity index (χ0n) is 15.0. The third-order valence-electron chi connectivity index (χ3n) is 5.30. The maximum Gasteiger partial charge on any atom is 0.335 e. The fourth-order valence-electron chi connectivity index (χ4n) is 4.05. The zero-order chi connectivity index (χ0) is 19.8. The van der Waals surface area contributed by atoms with Gasteiger partial charge >= 0.3 is 5.97 Å². The summed E-state index contributed by atoms with van der Waals surface area (Å²) < 4.78 is 0. The van der Waals surface area contributed by atoms with E-state index in [0.29, 0.717) is 41.2 Å². The smallest absolute Gasteiger partial charge is 0.335 e. The fraction of sp³-hybridized carbons (Fsp3) is 0.227. The molecule has 0 fully saturated rings. The second kappa shape index (κ2) is 7.24. The molecule has 2 aromatic rings. The summed E-state index contributed by atoms with van der Waals surface area (Å²) in [5.41, 5.74) is 2.83. The molecule has 0 saturated carbocycles. The summed E-state index contributed by atoms with van der Waals surface area (Å²) in [5, 5.41) is 9.88. The fourth-order valence-corrected chi connectivity index (χ4v) is 4.18. The van der Waals surface area contributed by atoms with E-state index in [2.05, 4.69) is 0 Å². The Kier molecular flexibility index (Phi) is 4.77. The Hall–Kier alpha value is -2.92. The molecule has 1 aliphatic heterocycles. The number of Topliss-reactive ketones (excluding diaryl/α,β-unsaturated/α-hetero) is 1. The van der Waals surface area contributed by atoms with Crippen LogP contribution in [0.15, 0.2) is 59.8 Å². The minimum atomic E-state index is -1.06. The van der Waals surface area contributed by atoms with Crippen molar-refractivity contribution in [3.8, 4) is 0 Å². The lowest BCUT2D eigenvalue weighted by Crippen LogP contribution is -2.40. The molecule has 0 bridgehead atoms. The monoisotopic (exact) mass is 395 g/mol. The Morgan fingerprint density at radius 3 is 2.54 bits per heavy atom. The van der Waals surface area contributed by atoms with E-state index < -0.39 is 5.97 Å². The SMILES string of the molecule is O=C1CCCC2=C1[C@H](c1ccc(Cl)cc1)CC(=O)N2c1cccc(C(=O)O)c1. The Labute approximate surface area is 167 Å². The summed E-state index contributed by atoms with van der Waals surface area (Å²) in [5.74, 6) is -1.45. The second-order valence-corrected chi connectivity index (χ2v) is 7.47. The molecule has 0 radical (unpaired) electrons. The number of nitrogens with zero attached hydrogens (tertiary/aromatic N) is 1. The number of carbonyl (C=O) groups is 3. The molecule has 0 spiro atoms. The van der Waals surface area contributed by atoms with E-state index in [1.807, 2.05) is 12.1 Å². The number of amides is 1. The lowest BCUT2D eigenvalue weighted by atomic mass is 9.77. The number of ketones is 1. The number of anilines is 1.